The zero-order valence-electron chi connectivity index (χ0n) is 4.01. The van der Waals surface area contributed by atoms with E-state index in [1.165, 1.54) is 0 Å². The van der Waals surface area contributed by atoms with Crippen LogP contribution in [0, 0.1) is 0 Å². The van der Waals surface area contributed by atoms with Crippen molar-refractivity contribution in [3.63, 3.8) is 0 Å². The van der Waals surface area contributed by atoms with Crippen molar-refractivity contribution < 1.29 is 9.53 Å². The van der Waals surface area contributed by atoms with E-state index in [4.69, 9.17) is 0 Å². The molecule has 0 unspecified atom stereocenters. The topological polar surface area (TPSA) is 26.3 Å². The van der Waals surface area contributed by atoms with E-state index in [0.717, 1.165) is 18.0 Å². The van der Waals surface area contributed by atoms with Crippen LogP contribution >= 0.6 is 11.8 Å². The molecule has 0 aromatic heterocycles. The van der Waals surface area contributed by atoms with Gasteiger partial charge in [-0.1, -0.05) is 6.58 Å². The second kappa shape index (κ2) is 3.74. The molecule has 0 amide bonds. The lowest BCUT2D eigenvalue weighted by Gasteiger charge is -1.87. The Morgan fingerprint density at radius 2 is 2.57 bits per heavy atom. The molecular weight excluding hydrogens is 112 g/mol. The third-order valence-electron chi connectivity index (χ3n) is 0.346. The summed E-state index contributed by atoms with van der Waals surface area (Å²) in [5.41, 5.74) is 0. The van der Waals surface area contributed by atoms with Crippen LogP contribution in [0.4, 0.5) is 4.79 Å². The number of carbonyl (C=O) groups excluding carboxylic acids is 1. The number of carbonyl (C=O) groups is 1. The summed E-state index contributed by atoms with van der Waals surface area (Å²) >= 11 is 1.02. The van der Waals surface area contributed by atoms with Crippen LogP contribution in [0.15, 0.2) is 12.8 Å². The minimum Gasteiger partial charge on any atom is -0.427 e. The van der Waals surface area contributed by atoms with Crippen LogP contribution < -0.4 is 0 Å². The summed E-state index contributed by atoms with van der Waals surface area (Å²) in [6, 6.07) is 0. The van der Waals surface area contributed by atoms with E-state index in [1.54, 1.807) is 6.26 Å². The summed E-state index contributed by atoms with van der Waals surface area (Å²) in [6.45, 7) is 3.19. The number of hydrogen-bond acceptors (Lipinski definition) is 3. The van der Waals surface area contributed by atoms with E-state index in [-0.39, 0.29) is 5.30 Å². The first-order chi connectivity index (χ1) is 3.31. The molecule has 0 aliphatic rings. The minimum atomic E-state index is -0.324. The number of rotatable bonds is 1. The van der Waals surface area contributed by atoms with Crippen LogP contribution in [0.2, 0.25) is 0 Å². The predicted molar refractivity (Wildman–Crippen MR) is 30.2 cm³/mol. The molecule has 0 radical (unpaired) electrons. The molecule has 0 saturated carbocycles. The van der Waals surface area contributed by atoms with Crippen LogP contribution in [0.1, 0.15) is 0 Å². The Kier molecular flexibility index (Phi) is 3.50. The average molecular weight is 118 g/mol. The van der Waals surface area contributed by atoms with Crippen molar-refractivity contribution in [3.05, 3.63) is 12.8 Å². The maximum Gasteiger partial charge on any atom is 0.371 e. The number of thioether (sulfide) groups is 1. The molecule has 0 atom stereocenters. The summed E-state index contributed by atoms with van der Waals surface area (Å²) in [5.74, 6) is 0. The van der Waals surface area contributed by atoms with Gasteiger partial charge < -0.3 is 4.74 Å². The van der Waals surface area contributed by atoms with Crippen molar-refractivity contribution in [2.75, 3.05) is 6.26 Å². The molecule has 0 bridgehead atoms. The first-order valence-electron chi connectivity index (χ1n) is 1.66. The molecule has 7 heavy (non-hydrogen) atoms. The lowest BCUT2D eigenvalue weighted by Crippen LogP contribution is -1.85. The van der Waals surface area contributed by atoms with Crippen LogP contribution in [-0.2, 0) is 4.74 Å². The molecule has 0 heterocycles. The zero-order valence-corrected chi connectivity index (χ0v) is 4.83. The summed E-state index contributed by atoms with van der Waals surface area (Å²) in [4.78, 5) is 10.1. The van der Waals surface area contributed by atoms with Crippen molar-refractivity contribution in [3.8, 4) is 0 Å². The van der Waals surface area contributed by atoms with Gasteiger partial charge in [0.15, 0.2) is 0 Å². The van der Waals surface area contributed by atoms with Gasteiger partial charge in [-0.15, -0.1) is 0 Å². The van der Waals surface area contributed by atoms with E-state index in [0.29, 0.717) is 0 Å². The van der Waals surface area contributed by atoms with Crippen molar-refractivity contribution in [2.24, 2.45) is 0 Å². The fraction of sp³-hybridized carbons (Fsp3) is 0.250. The number of ether oxygens (including phenoxy) is 1. The van der Waals surface area contributed by atoms with Gasteiger partial charge in [-0.2, -0.15) is 0 Å². The second-order valence-corrected chi connectivity index (χ2v) is 1.48. The Morgan fingerprint density at radius 3 is 2.71 bits per heavy atom. The molecule has 0 rings (SSSR count). The second-order valence-electron chi connectivity index (χ2n) is 0.739. The summed E-state index contributed by atoms with van der Waals surface area (Å²) in [7, 11) is 0. The first-order valence-corrected chi connectivity index (χ1v) is 2.89. The first kappa shape index (κ1) is 6.56. The van der Waals surface area contributed by atoms with Crippen LogP contribution in [-0.4, -0.2) is 11.6 Å². The van der Waals surface area contributed by atoms with Crippen molar-refractivity contribution in [1.29, 1.82) is 0 Å². The highest BCUT2D eigenvalue weighted by Crippen LogP contribution is 1.96. The molecule has 0 aliphatic heterocycles. The molecule has 0 saturated heterocycles. The molecule has 0 N–H and O–H groups in total. The Hall–Kier alpha value is -0.440. The van der Waals surface area contributed by atoms with Crippen LogP contribution in [0.3, 0.4) is 0 Å². The van der Waals surface area contributed by atoms with Gasteiger partial charge in [-0.05, 0) is 18.0 Å². The highest BCUT2D eigenvalue weighted by Gasteiger charge is 1.90. The Morgan fingerprint density at radius 1 is 2.00 bits per heavy atom. The van der Waals surface area contributed by atoms with Crippen molar-refractivity contribution in [2.45, 2.75) is 0 Å². The maximum absolute atomic E-state index is 10.1. The van der Waals surface area contributed by atoms with E-state index < -0.39 is 0 Å². The molecule has 0 aliphatic carbocycles. The van der Waals surface area contributed by atoms with Gasteiger partial charge in [0.25, 0.3) is 0 Å². The normalized spacial score (nSPS) is 7.57. The van der Waals surface area contributed by atoms with Crippen molar-refractivity contribution in [1.82, 2.24) is 0 Å². The Balaban J connectivity index is 3.17. The third-order valence-corrected chi connectivity index (χ3v) is 0.776. The lowest BCUT2D eigenvalue weighted by atomic mass is 11.1. The Labute approximate surface area is 46.5 Å². The monoisotopic (exact) mass is 118 g/mol. The fourth-order valence-electron chi connectivity index (χ4n) is 0.116. The quantitative estimate of drug-likeness (QED) is 0.386. The van der Waals surface area contributed by atoms with E-state index in [1.807, 2.05) is 0 Å². The molecule has 40 valence electrons. The van der Waals surface area contributed by atoms with E-state index in [9.17, 15) is 4.79 Å². The summed E-state index contributed by atoms with van der Waals surface area (Å²) < 4.78 is 4.28. The van der Waals surface area contributed by atoms with Crippen LogP contribution in [0.5, 0.6) is 0 Å². The zero-order chi connectivity index (χ0) is 5.70. The highest BCUT2D eigenvalue weighted by atomic mass is 32.2. The standard InChI is InChI=1S/C4H6O2S/c1-3-6-4(5)7-2/h3H,1H2,2H3. The van der Waals surface area contributed by atoms with Gasteiger partial charge >= 0.3 is 5.30 Å². The Bertz CT molecular complexity index is 79.8. The average Bonchev–Trinajstić information content (AvgIpc) is 1.68. The maximum atomic E-state index is 10.1. The number of hydrogen-bond donors (Lipinski definition) is 0. The van der Waals surface area contributed by atoms with Gasteiger partial charge in [-0.3, -0.25) is 0 Å². The predicted octanol–water partition coefficient (Wildman–Crippen LogP) is 1.63. The molecule has 0 aromatic rings. The van der Waals surface area contributed by atoms with Gasteiger partial charge in [0, 0.05) is 0 Å². The largest absolute Gasteiger partial charge is 0.427 e. The molecular formula is C4H6O2S. The fourth-order valence-corrected chi connectivity index (χ4v) is 0.280. The minimum absolute atomic E-state index is 0.324. The summed E-state index contributed by atoms with van der Waals surface area (Å²) in [5, 5.41) is -0.324. The molecule has 3 heteroatoms. The smallest absolute Gasteiger partial charge is 0.371 e. The summed E-state index contributed by atoms with van der Waals surface area (Å²) in [6.07, 6.45) is 2.75. The van der Waals surface area contributed by atoms with Gasteiger partial charge in [0.05, 0.1) is 6.26 Å². The molecule has 2 nitrogen and oxygen atoms in total. The van der Waals surface area contributed by atoms with E-state index >= 15 is 0 Å². The van der Waals surface area contributed by atoms with Gasteiger partial charge in [-0.25, -0.2) is 4.79 Å². The SMILES string of the molecule is C=COC(=O)SC. The van der Waals surface area contributed by atoms with Crippen LogP contribution in [0.25, 0.3) is 0 Å². The van der Waals surface area contributed by atoms with E-state index in [2.05, 4.69) is 11.3 Å². The van der Waals surface area contributed by atoms with Gasteiger partial charge in [0.1, 0.15) is 0 Å². The third kappa shape index (κ3) is 3.39. The molecule has 0 fully saturated rings. The highest BCUT2D eigenvalue weighted by molar-refractivity contribution is 8.12. The van der Waals surface area contributed by atoms with Gasteiger partial charge in [0.2, 0.25) is 0 Å². The molecule has 0 aromatic carbocycles. The van der Waals surface area contributed by atoms with Crippen molar-refractivity contribution >= 4 is 17.1 Å². The molecule has 0 spiro atoms. The lowest BCUT2D eigenvalue weighted by molar-refractivity contribution is 0.214.